The zero-order valence-electron chi connectivity index (χ0n) is 10.7. The second-order valence-corrected chi connectivity index (χ2v) is 5.59. The molecule has 1 atom stereocenters. The number of alkyl halides is 3. The molecule has 106 valence electrons. The van der Waals surface area contributed by atoms with Crippen molar-refractivity contribution in [3.05, 3.63) is 0 Å². The highest BCUT2D eigenvalue weighted by Gasteiger charge is 2.58. The lowest BCUT2D eigenvalue weighted by Gasteiger charge is -2.30. The molecule has 0 saturated carbocycles. The number of amides is 1. The molecule has 1 aliphatic rings. The van der Waals surface area contributed by atoms with Crippen LogP contribution in [0.5, 0.6) is 0 Å². The van der Waals surface area contributed by atoms with Crippen LogP contribution in [0.25, 0.3) is 0 Å². The van der Waals surface area contributed by atoms with E-state index in [4.69, 9.17) is 9.84 Å². The Morgan fingerprint density at radius 2 is 1.94 bits per heavy atom. The standard InChI is InChI=1S/C11H18F3NO3/c1-9(2,3)18-8(17)15-5-4-10(6-15,7-16)11(12,13)14/h16H,4-7H2,1-3H3/t10-/m0/s1. The van der Waals surface area contributed by atoms with Crippen molar-refractivity contribution in [2.45, 2.75) is 39.0 Å². The van der Waals surface area contributed by atoms with Gasteiger partial charge in [-0.25, -0.2) is 4.79 Å². The lowest BCUT2D eigenvalue weighted by atomic mass is 9.87. The molecule has 18 heavy (non-hydrogen) atoms. The normalized spacial score (nSPS) is 25.4. The van der Waals surface area contributed by atoms with Crippen molar-refractivity contribution < 1.29 is 27.8 Å². The van der Waals surface area contributed by atoms with Gasteiger partial charge >= 0.3 is 12.3 Å². The van der Waals surface area contributed by atoms with E-state index in [1.54, 1.807) is 20.8 Å². The van der Waals surface area contributed by atoms with Gasteiger partial charge in [0.15, 0.2) is 0 Å². The zero-order valence-corrected chi connectivity index (χ0v) is 10.7. The number of carbonyl (C=O) groups excluding carboxylic acids is 1. The second-order valence-electron chi connectivity index (χ2n) is 5.59. The molecule has 1 rings (SSSR count). The topological polar surface area (TPSA) is 49.8 Å². The number of hydrogen-bond acceptors (Lipinski definition) is 3. The summed E-state index contributed by atoms with van der Waals surface area (Å²) in [6.45, 7) is 3.30. The van der Waals surface area contributed by atoms with Crippen molar-refractivity contribution >= 4 is 6.09 Å². The lowest BCUT2D eigenvalue weighted by molar-refractivity contribution is -0.229. The Morgan fingerprint density at radius 1 is 1.39 bits per heavy atom. The summed E-state index contributed by atoms with van der Waals surface area (Å²) < 4.78 is 43.6. The van der Waals surface area contributed by atoms with Crippen LogP contribution in [0.4, 0.5) is 18.0 Å². The third-order valence-corrected chi connectivity index (χ3v) is 2.91. The molecule has 1 N–H and O–H groups in total. The lowest BCUT2D eigenvalue weighted by Crippen LogP contribution is -2.45. The number of aliphatic hydroxyl groups excluding tert-OH is 1. The molecule has 0 aromatic heterocycles. The van der Waals surface area contributed by atoms with Crippen LogP contribution in [0.3, 0.4) is 0 Å². The molecule has 0 spiro atoms. The molecule has 0 aromatic rings. The molecule has 0 unspecified atom stereocenters. The van der Waals surface area contributed by atoms with E-state index in [1.807, 2.05) is 0 Å². The van der Waals surface area contributed by atoms with Crippen LogP contribution in [0.2, 0.25) is 0 Å². The van der Waals surface area contributed by atoms with Gasteiger partial charge in [-0.1, -0.05) is 0 Å². The van der Waals surface area contributed by atoms with Gasteiger partial charge in [-0.2, -0.15) is 13.2 Å². The summed E-state index contributed by atoms with van der Waals surface area (Å²) in [6, 6.07) is 0. The van der Waals surface area contributed by atoms with Crippen LogP contribution in [0, 0.1) is 5.41 Å². The molecule has 1 saturated heterocycles. The highest BCUT2D eigenvalue weighted by Crippen LogP contribution is 2.45. The van der Waals surface area contributed by atoms with Crippen LogP contribution in [0.15, 0.2) is 0 Å². The van der Waals surface area contributed by atoms with Crippen LogP contribution < -0.4 is 0 Å². The largest absolute Gasteiger partial charge is 0.444 e. The Balaban J connectivity index is 2.74. The van der Waals surface area contributed by atoms with Gasteiger partial charge < -0.3 is 14.7 Å². The molecule has 1 heterocycles. The van der Waals surface area contributed by atoms with Crippen LogP contribution in [-0.4, -0.2) is 47.6 Å². The summed E-state index contributed by atoms with van der Waals surface area (Å²) in [5.74, 6) is 0. The average molecular weight is 269 g/mol. The number of likely N-dealkylation sites (tertiary alicyclic amines) is 1. The first kappa shape index (κ1) is 15.1. The highest BCUT2D eigenvalue weighted by molar-refractivity contribution is 5.68. The Bertz CT molecular complexity index is 324. The number of ether oxygens (including phenoxy) is 1. The van der Waals surface area contributed by atoms with E-state index >= 15 is 0 Å². The molecule has 0 aromatic carbocycles. The van der Waals surface area contributed by atoms with Gasteiger partial charge in [0.1, 0.15) is 11.0 Å². The molecule has 1 aliphatic heterocycles. The Hall–Kier alpha value is -0.980. The van der Waals surface area contributed by atoms with E-state index in [0.29, 0.717) is 0 Å². The number of nitrogens with zero attached hydrogens (tertiary/aromatic N) is 1. The minimum atomic E-state index is -4.53. The maximum absolute atomic E-state index is 12.9. The summed E-state index contributed by atoms with van der Waals surface area (Å²) in [5, 5.41) is 8.99. The third kappa shape index (κ3) is 3.07. The fourth-order valence-electron chi connectivity index (χ4n) is 1.80. The predicted octanol–water partition coefficient (Wildman–Crippen LogP) is 2.17. The second kappa shape index (κ2) is 4.60. The van der Waals surface area contributed by atoms with Crippen molar-refractivity contribution in [1.29, 1.82) is 0 Å². The quantitative estimate of drug-likeness (QED) is 0.793. The van der Waals surface area contributed by atoms with Gasteiger partial charge in [0.2, 0.25) is 0 Å². The first-order valence-corrected chi connectivity index (χ1v) is 5.66. The van der Waals surface area contributed by atoms with Crippen LogP contribution >= 0.6 is 0 Å². The van der Waals surface area contributed by atoms with Crippen molar-refractivity contribution in [3.63, 3.8) is 0 Å². The molecule has 0 aliphatic carbocycles. The smallest absolute Gasteiger partial charge is 0.410 e. The van der Waals surface area contributed by atoms with Crippen molar-refractivity contribution in [2.24, 2.45) is 5.41 Å². The molecule has 1 fully saturated rings. The van der Waals surface area contributed by atoms with Crippen molar-refractivity contribution in [2.75, 3.05) is 19.7 Å². The summed E-state index contributed by atoms with van der Waals surface area (Å²) in [5.41, 5.74) is -2.97. The van der Waals surface area contributed by atoms with Crippen LogP contribution in [-0.2, 0) is 4.74 Å². The summed E-state index contributed by atoms with van der Waals surface area (Å²) in [4.78, 5) is 12.6. The number of rotatable bonds is 1. The molecule has 1 amide bonds. The fourth-order valence-corrected chi connectivity index (χ4v) is 1.80. The molecule has 0 radical (unpaired) electrons. The maximum atomic E-state index is 12.9. The highest BCUT2D eigenvalue weighted by atomic mass is 19.4. The Labute approximate surface area is 104 Å². The Morgan fingerprint density at radius 3 is 2.28 bits per heavy atom. The SMILES string of the molecule is CC(C)(C)OC(=O)N1CC[C@](CO)(C(F)(F)F)C1. The molecular formula is C11H18F3NO3. The first-order valence-electron chi connectivity index (χ1n) is 5.66. The average Bonchev–Trinajstić information content (AvgIpc) is 2.59. The van der Waals surface area contributed by atoms with Gasteiger partial charge in [-0.3, -0.25) is 0 Å². The minimum absolute atomic E-state index is 0.0605. The number of carbonyl (C=O) groups is 1. The summed E-state index contributed by atoms with van der Waals surface area (Å²) in [6.07, 6.45) is -5.60. The predicted molar refractivity (Wildman–Crippen MR) is 58.0 cm³/mol. The monoisotopic (exact) mass is 269 g/mol. The van der Waals surface area contributed by atoms with E-state index < -0.39 is 36.4 Å². The van der Waals surface area contributed by atoms with E-state index in [9.17, 15) is 18.0 Å². The maximum Gasteiger partial charge on any atom is 0.410 e. The first-order chi connectivity index (χ1) is 8.01. The Kier molecular flexibility index (Phi) is 3.86. The van der Waals surface area contributed by atoms with E-state index in [0.717, 1.165) is 4.90 Å². The molecule has 0 bridgehead atoms. The van der Waals surface area contributed by atoms with Crippen molar-refractivity contribution in [1.82, 2.24) is 4.90 Å². The minimum Gasteiger partial charge on any atom is -0.444 e. The summed E-state index contributed by atoms with van der Waals surface area (Å²) >= 11 is 0. The molecule has 7 heteroatoms. The van der Waals surface area contributed by atoms with E-state index in [1.165, 1.54) is 0 Å². The van der Waals surface area contributed by atoms with Gasteiger partial charge in [-0.15, -0.1) is 0 Å². The third-order valence-electron chi connectivity index (χ3n) is 2.91. The van der Waals surface area contributed by atoms with Gasteiger partial charge in [0.25, 0.3) is 0 Å². The molecule has 4 nitrogen and oxygen atoms in total. The zero-order chi connectivity index (χ0) is 14.2. The van der Waals surface area contributed by atoms with Gasteiger partial charge in [0, 0.05) is 13.1 Å². The van der Waals surface area contributed by atoms with E-state index in [-0.39, 0.29) is 13.0 Å². The number of aliphatic hydroxyl groups is 1. The van der Waals surface area contributed by atoms with Gasteiger partial charge in [-0.05, 0) is 27.2 Å². The van der Waals surface area contributed by atoms with Crippen molar-refractivity contribution in [3.8, 4) is 0 Å². The van der Waals surface area contributed by atoms with Gasteiger partial charge in [0.05, 0.1) is 6.61 Å². The number of hydrogen-bond donors (Lipinski definition) is 1. The fraction of sp³-hybridized carbons (Fsp3) is 0.909. The van der Waals surface area contributed by atoms with Crippen LogP contribution in [0.1, 0.15) is 27.2 Å². The summed E-state index contributed by atoms with van der Waals surface area (Å²) in [7, 11) is 0. The number of halogens is 3. The molecular weight excluding hydrogens is 251 g/mol. The van der Waals surface area contributed by atoms with E-state index in [2.05, 4.69) is 0 Å².